The van der Waals surface area contributed by atoms with Crippen molar-refractivity contribution in [3.63, 3.8) is 0 Å². The van der Waals surface area contributed by atoms with Crippen molar-refractivity contribution in [1.82, 2.24) is 10.2 Å². The van der Waals surface area contributed by atoms with Crippen LogP contribution in [0.1, 0.15) is 40.0 Å². The van der Waals surface area contributed by atoms with Gasteiger partial charge in [-0.25, -0.2) is 4.79 Å². The van der Waals surface area contributed by atoms with Gasteiger partial charge in [0.05, 0.1) is 0 Å². The third-order valence-corrected chi connectivity index (χ3v) is 2.13. The lowest BCUT2D eigenvalue weighted by Gasteiger charge is -2.24. The molecule has 0 bridgehead atoms. The third-order valence-electron chi connectivity index (χ3n) is 2.13. The predicted molar refractivity (Wildman–Crippen MR) is 66.6 cm³/mol. The van der Waals surface area contributed by atoms with Gasteiger partial charge in [0.1, 0.15) is 5.60 Å². The number of hydrogen-bond acceptors (Lipinski definition) is 3. The van der Waals surface area contributed by atoms with E-state index in [2.05, 4.69) is 5.32 Å². The molecule has 0 saturated carbocycles. The Hall–Kier alpha value is -0.770. The predicted octanol–water partition coefficient (Wildman–Crippen LogP) is 2.24. The van der Waals surface area contributed by atoms with Crippen molar-refractivity contribution in [2.45, 2.75) is 45.6 Å². The number of nitrogens with zero attached hydrogens (tertiary/aromatic N) is 1. The van der Waals surface area contributed by atoms with Crippen LogP contribution in [-0.4, -0.2) is 43.8 Å². The maximum Gasteiger partial charge on any atom is 0.410 e. The van der Waals surface area contributed by atoms with Gasteiger partial charge < -0.3 is 15.0 Å². The van der Waals surface area contributed by atoms with E-state index in [-0.39, 0.29) is 6.09 Å². The lowest BCUT2D eigenvalue weighted by Crippen LogP contribution is -2.34. The highest BCUT2D eigenvalue weighted by Gasteiger charge is 2.18. The second-order valence-electron chi connectivity index (χ2n) is 5.07. The number of rotatable bonds is 6. The van der Waals surface area contributed by atoms with Gasteiger partial charge in [0.2, 0.25) is 0 Å². The maximum absolute atomic E-state index is 11.6. The Kier molecular flexibility index (Phi) is 7.13. The molecule has 0 aliphatic rings. The molecule has 0 aromatic rings. The van der Waals surface area contributed by atoms with Crippen LogP contribution in [0.4, 0.5) is 4.79 Å². The van der Waals surface area contributed by atoms with Gasteiger partial charge in [0.15, 0.2) is 0 Å². The van der Waals surface area contributed by atoms with E-state index < -0.39 is 5.60 Å². The number of hydrogen-bond donors (Lipinski definition) is 1. The zero-order valence-electron chi connectivity index (χ0n) is 11.3. The number of carbonyl (C=O) groups excluding carboxylic acids is 1. The first kappa shape index (κ1) is 15.2. The molecule has 0 aliphatic heterocycles. The highest BCUT2D eigenvalue weighted by Crippen LogP contribution is 2.09. The third kappa shape index (κ3) is 8.53. The summed E-state index contributed by atoms with van der Waals surface area (Å²) in [6.45, 7) is 7.44. The average Bonchev–Trinajstić information content (AvgIpc) is 2.14. The molecule has 4 nitrogen and oxygen atoms in total. The number of nitrogens with one attached hydrogen (secondary N) is 1. The van der Waals surface area contributed by atoms with E-state index in [9.17, 15) is 4.79 Å². The minimum Gasteiger partial charge on any atom is -0.444 e. The molecule has 0 aromatic heterocycles. The Balaban J connectivity index is 3.64. The quantitative estimate of drug-likeness (QED) is 0.712. The Bertz CT molecular complexity index is 200. The van der Waals surface area contributed by atoms with E-state index in [0.29, 0.717) is 0 Å². The van der Waals surface area contributed by atoms with Crippen LogP contribution in [0.5, 0.6) is 0 Å². The van der Waals surface area contributed by atoms with Crippen LogP contribution < -0.4 is 5.32 Å². The molecule has 0 heterocycles. The zero-order valence-corrected chi connectivity index (χ0v) is 11.3. The number of amides is 1. The second-order valence-corrected chi connectivity index (χ2v) is 5.07. The number of ether oxygens (including phenoxy) is 1. The first-order chi connectivity index (χ1) is 7.37. The van der Waals surface area contributed by atoms with Crippen LogP contribution in [0.2, 0.25) is 0 Å². The summed E-state index contributed by atoms with van der Waals surface area (Å²) in [7, 11) is 3.74. The molecule has 0 unspecified atom stereocenters. The lowest BCUT2D eigenvalue weighted by molar-refractivity contribution is 0.0296. The van der Waals surface area contributed by atoms with E-state index in [1.807, 2.05) is 27.8 Å². The Labute approximate surface area is 99.3 Å². The van der Waals surface area contributed by atoms with Crippen molar-refractivity contribution < 1.29 is 9.53 Å². The lowest BCUT2D eigenvalue weighted by atomic mass is 10.2. The first-order valence-electron chi connectivity index (χ1n) is 5.95. The average molecular weight is 230 g/mol. The Morgan fingerprint density at radius 3 is 2.38 bits per heavy atom. The largest absolute Gasteiger partial charge is 0.444 e. The maximum atomic E-state index is 11.6. The van der Waals surface area contributed by atoms with Crippen LogP contribution in [0.3, 0.4) is 0 Å². The van der Waals surface area contributed by atoms with E-state index in [4.69, 9.17) is 4.74 Å². The van der Waals surface area contributed by atoms with Crippen molar-refractivity contribution in [2.75, 3.05) is 27.2 Å². The summed E-state index contributed by atoms with van der Waals surface area (Å²) in [5.41, 5.74) is -0.405. The van der Waals surface area contributed by atoms with Crippen LogP contribution in [0, 0.1) is 0 Å². The summed E-state index contributed by atoms with van der Waals surface area (Å²) in [6, 6.07) is 0. The molecular weight excluding hydrogens is 204 g/mol. The topological polar surface area (TPSA) is 41.6 Å². The van der Waals surface area contributed by atoms with Crippen LogP contribution in [0.15, 0.2) is 0 Å². The fourth-order valence-corrected chi connectivity index (χ4v) is 1.26. The van der Waals surface area contributed by atoms with Crippen molar-refractivity contribution in [3.05, 3.63) is 0 Å². The summed E-state index contributed by atoms with van der Waals surface area (Å²) in [5, 5.41) is 3.10. The molecule has 1 N–H and O–H groups in total. The molecular formula is C12H26N2O2. The summed E-state index contributed by atoms with van der Waals surface area (Å²) in [6.07, 6.45) is 3.07. The SMILES string of the molecule is CNCCCCCN(C)C(=O)OC(C)(C)C. The zero-order chi connectivity index (χ0) is 12.6. The summed E-state index contributed by atoms with van der Waals surface area (Å²) < 4.78 is 5.25. The van der Waals surface area contributed by atoms with Crippen LogP contribution in [0.25, 0.3) is 0 Å². The highest BCUT2D eigenvalue weighted by atomic mass is 16.6. The Morgan fingerprint density at radius 1 is 1.25 bits per heavy atom. The summed E-state index contributed by atoms with van der Waals surface area (Å²) in [4.78, 5) is 13.2. The van der Waals surface area contributed by atoms with Gasteiger partial charge in [-0.1, -0.05) is 6.42 Å². The van der Waals surface area contributed by atoms with E-state index in [1.165, 1.54) is 0 Å². The van der Waals surface area contributed by atoms with Crippen molar-refractivity contribution in [3.8, 4) is 0 Å². The van der Waals surface area contributed by atoms with E-state index in [0.717, 1.165) is 32.4 Å². The normalized spacial score (nSPS) is 11.3. The monoisotopic (exact) mass is 230 g/mol. The molecule has 4 heteroatoms. The van der Waals surface area contributed by atoms with E-state index >= 15 is 0 Å². The fraction of sp³-hybridized carbons (Fsp3) is 0.917. The van der Waals surface area contributed by atoms with Gasteiger partial charge in [-0.2, -0.15) is 0 Å². The first-order valence-corrected chi connectivity index (χ1v) is 5.95. The van der Waals surface area contributed by atoms with Crippen molar-refractivity contribution in [1.29, 1.82) is 0 Å². The molecule has 16 heavy (non-hydrogen) atoms. The van der Waals surface area contributed by atoms with Gasteiger partial charge in [-0.15, -0.1) is 0 Å². The van der Waals surface area contributed by atoms with Gasteiger partial charge in [0, 0.05) is 13.6 Å². The van der Waals surface area contributed by atoms with Gasteiger partial charge in [-0.3, -0.25) is 0 Å². The van der Waals surface area contributed by atoms with Crippen LogP contribution in [-0.2, 0) is 4.74 Å². The Morgan fingerprint density at radius 2 is 1.88 bits per heavy atom. The minimum absolute atomic E-state index is 0.235. The minimum atomic E-state index is -0.405. The molecule has 0 aliphatic carbocycles. The standard InChI is InChI=1S/C12H26N2O2/c1-12(2,3)16-11(15)14(5)10-8-6-7-9-13-4/h13H,6-10H2,1-5H3. The van der Waals surface area contributed by atoms with Crippen LogP contribution >= 0.6 is 0 Å². The summed E-state index contributed by atoms with van der Waals surface area (Å²) >= 11 is 0. The molecule has 0 saturated heterocycles. The van der Waals surface area contributed by atoms with Crippen molar-refractivity contribution >= 4 is 6.09 Å². The fourth-order valence-electron chi connectivity index (χ4n) is 1.26. The van der Waals surface area contributed by atoms with Gasteiger partial charge in [-0.05, 0) is 47.2 Å². The molecule has 0 atom stereocenters. The molecule has 0 fully saturated rings. The van der Waals surface area contributed by atoms with E-state index in [1.54, 1.807) is 11.9 Å². The summed E-state index contributed by atoms with van der Waals surface area (Å²) in [5.74, 6) is 0. The van der Waals surface area contributed by atoms with Gasteiger partial charge in [0.25, 0.3) is 0 Å². The smallest absolute Gasteiger partial charge is 0.410 e. The molecule has 0 spiro atoms. The van der Waals surface area contributed by atoms with Crippen molar-refractivity contribution in [2.24, 2.45) is 0 Å². The number of carbonyl (C=O) groups is 1. The van der Waals surface area contributed by atoms with Gasteiger partial charge >= 0.3 is 6.09 Å². The highest BCUT2D eigenvalue weighted by molar-refractivity contribution is 5.67. The molecule has 0 rings (SSSR count). The number of unbranched alkanes of at least 4 members (excludes halogenated alkanes) is 2. The molecule has 0 radical (unpaired) electrons. The second kappa shape index (κ2) is 7.49. The molecule has 0 aromatic carbocycles. The molecule has 96 valence electrons. The molecule has 1 amide bonds.